The molecule has 5 nitrogen and oxygen atoms in total. The molecule has 1 aromatic heterocycles. The van der Waals surface area contributed by atoms with Gasteiger partial charge in [-0.1, -0.05) is 23.9 Å². The van der Waals surface area contributed by atoms with Crippen molar-refractivity contribution >= 4 is 17.7 Å². The van der Waals surface area contributed by atoms with Gasteiger partial charge in [0.15, 0.2) is 5.16 Å². The zero-order valence-corrected chi connectivity index (χ0v) is 12.7. The van der Waals surface area contributed by atoms with Gasteiger partial charge < -0.3 is 5.32 Å². The number of thioether (sulfide) groups is 1. The van der Waals surface area contributed by atoms with Crippen LogP contribution in [0.2, 0.25) is 0 Å². The maximum Gasteiger partial charge on any atom is 0.267 e. The number of hydrogen-bond donors (Lipinski definition) is 1. The van der Waals surface area contributed by atoms with Gasteiger partial charge in [0.1, 0.15) is 11.4 Å². The van der Waals surface area contributed by atoms with Crippen LogP contribution in [0.5, 0.6) is 0 Å². The van der Waals surface area contributed by atoms with E-state index in [4.69, 9.17) is 0 Å². The zero-order valence-electron chi connectivity index (χ0n) is 11.9. The molecule has 0 spiro atoms. The quantitative estimate of drug-likeness (QED) is 0.875. The van der Waals surface area contributed by atoms with Gasteiger partial charge in [-0.25, -0.2) is 9.37 Å². The number of aryl methyl sites for hydroxylation is 1. The van der Waals surface area contributed by atoms with Crippen molar-refractivity contribution in [1.29, 1.82) is 0 Å². The van der Waals surface area contributed by atoms with Crippen molar-refractivity contribution < 1.29 is 9.18 Å². The second kappa shape index (κ2) is 5.92. The molecule has 114 valence electrons. The van der Waals surface area contributed by atoms with E-state index in [0.717, 1.165) is 5.75 Å². The first-order valence-corrected chi connectivity index (χ1v) is 7.80. The van der Waals surface area contributed by atoms with Gasteiger partial charge in [-0.3, -0.25) is 14.2 Å². The minimum atomic E-state index is -0.495. The SMILES string of the molecule is Cc1ccc(CNC(=O)c2cnc3n(c2=O)CCS3)cc1F. The molecule has 7 heteroatoms. The third kappa shape index (κ3) is 2.76. The molecule has 0 fully saturated rings. The molecule has 1 aliphatic heterocycles. The van der Waals surface area contributed by atoms with Crippen LogP contribution in [0, 0.1) is 12.7 Å². The fourth-order valence-corrected chi connectivity index (χ4v) is 3.11. The fourth-order valence-electron chi connectivity index (χ4n) is 2.20. The lowest BCUT2D eigenvalue weighted by Crippen LogP contribution is -2.33. The Bertz CT molecular complexity index is 804. The summed E-state index contributed by atoms with van der Waals surface area (Å²) in [7, 11) is 0. The summed E-state index contributed by atoms with van der Waals surface area (Å²) in [6, 6.07) is 4.77. The first-order chi connectivity index (χ1) is 10.6. The van der Waals surface area contributed by atoms with Gasteiger partial charge in [0.2, 0.25) is 0 Å². The van der Waals surface area contributed by atoms with E-state index in [9.17, 15) is 14.0 Å². The summed E-state index contributed by atoms with van der Waals surface area (Å²) < 4.78 is 15.0. The number of carbonyl (C=O) groups excluding carboxylic acids is 1. The number of nitrogens with one attached hydrogen (secondary N) is 1. The monoisotopic (exact) mass is 319 g/mol. The molecule has 1 aliphatic rings. The predicted molar refractivity (Wildman–Crippen MR) is 81.5 cm³/mol. The van der Waals surface area contributed by atoms with Crippen molar-refractivity contribution in [1.82, 2.24) is 14.9 Å². The van der Waals surface area contributed by atoms with E-state index >= 15 is 0 Å². The van der Waals surface area contributed by atoms with Gasteiger partial charge in [-0.15, -0.1) is 0 Å². The van der Waals surface area contributed by atoms with Gasteiger partial charge in [-0.05, 0) is 24.1 Å². The van der Waals surface area contributed by atoms with E-state index in [0.29, 0.717) is 22.8 Å². The number of amides is 1. The number of carbonyl (C=O) groups is 1. The van der Waals surface area contributed by atoms with Gasteiger partial charge in [0.25, 0.3) is 11.5 Å². The molecular formula is C15H14FN3O2S. The highest BCUT2D eigenvalue weighted by atomic mass is 32.2. The highest BCUT2D eigenvalue weighted by molar-refractivity contribution is 7.99. The van der Waals surface area contributed by atoms with Crippen LogP contribution >= 0.6 is 11.8 Å². The molecule has 0 aliphatic carbocycles. The lowest BCUT2D eigenvalue weighted by atomic mass is 10.1. The summed E-state index contributed by atoms with van der Waals surface area (Å²) in [5.74, 6) is -0.0237. The molecule has 0 bridgehead atoms. The van der Waals surface area contributed by atoms with Crippen LogP contribution in [0.1, 0.15) is 21.5 Å². The minimum absolute atomic E-state index is 0.0128. The molecule has 2 heterocycles. The Hall–Kier alpha value is -2.15. The number of rotatable bonds is 3. The maximum atomic E-state index is 13.5. The normalized spacial score (nSPS) is 13.0. The standard InChI is InChI=1S/C15H14FN3O2S/c1-9-2-3-10(6-12(9)16)7-17-13(20)11-8-18-15-19(14(11)21)4-5-22-15/h2-3,6,8H,4-5,7H2,1H3,(H,17,20). The third-order valence-electron chi connectivity index (χ3n) is 3.49. The van der Waals surface area contributed by atoms with E-state index in [1.165, 1.54) is 28.6 Å². The highest BCUT2D eigenvalue weighted by Gasteiger charge is 2.19. The predicted octanol–water partition coefficient (Wildman–Crippen LogP) is 1.73. The number of nitrogens with zero attached hydrogens (tertiary/aromatic N) is 2. The smallest absolute Gasteiger partial charge is 0.267 e. The van der Waals surface area contributed by atoms with Crippen LogP contribution in [0.3, 0.4) is 0 Å². The summed E-state index contributed by atoms with van der Waals surface area (Å²) in [6.07, 6.45) is 1.30. The number of benzene rings is 1. The van der Waals surface area contributed by atoms with Gasteiger partial charge >= 0.3 is 0 Å². The Morgan fingerprint density at radius 1 is 1.50 bits per heavy atom. The van der Waals surface area contributed by atoms with Crippen LogP contribution in [-0.4, -0.2) is 21.2 Å². The Morgan fingerprint density at radius 2 is 2.32 bits per heavy atom. The van der Waals surface area contributed by atoms with Crippen LogP contribution < -0.4 is 10.9 Å². The number of aromatic nitrogens is 2. The third-order valence-corrected chi connectivity index (χ3v) is 4.46. The lowest BCUT2D eigenvalue weighted by Gasteiger charge is -2.07. The first kappa shape index (κ1) is 14.8. The number of hydrogen-bond acceptors (Lipinski definition) is 4. The van der Waals surface area contributed by atoms with Crippen LogP contribution in [0.25, 0.3) is 0 Å². The van der Waals surface area contributed by atoms with E-state index in [2.05, 4.69) is 10.3 Å². The molecular weight excluding hydrogens is 305 g/mol. The van der Waals surface area contributed by atoms with E-state index in [1.54, 1.807) is 19.1 Å². The Morgan fingerprint density at radius 3 is 3.09 bits per heavy atom. The molecule has 2 aromatic rings. The molecule has 22 heavy (non-hydrogen) atoms. The largest absolute Gasteiger partial charge is 0.348 e. The Balaban J connectivity index is 1.75. The second-order valence-corrected chi connectivity index (χ2v) is 6.09. The molecule has 0 radical (unpaired) electrons. The van der Waals surface area contributed by atoms with E-state index in [1.807, 2.05) is 0 Å². The molecule has 3 rings (SSSR count). The number of fused-ring (bicyclic) bond motifs is 1. The molecule has 0 saturated carbocycles. The summed E-state index contributed by atoms with van der Waals surface area (Å²) in [5.41, 5.74) is 0.872. The second-order valence-electron chi connectivity index (χ2n) is 5.03. The van der Waals surface area contributed by atoms with Crippen LogP contribution in [0.4, 0.5) is 4.39 Å². The molecule has 1 N–H and O–H groups in total. The fraction of sp³-hybridized carbons (Fsp3) is 0.267. The van der Waals surface area contributed by atoms with Crippen LogP contribution in [0.15, 0.2) is 34.3 Å². The summed E-state index contributed by atoms with van der Waals surface area (Å²) in [5, 5.41) is 3.27. The molecule has 0 unspecified atom stereocenters. The summed E-state index contributed by atoms with van der Waals surface area (Å²) >= 11 is 1.49. The lowest BCUT2D eigenvalue weighted by molar-refractivity contribution is 0.0948. The average molecular weight is 319 g/mol. The van der Waals surface area contributed by atoms with Crippen LogP contribution in [-0.2, 0) is 13.1 Å². The summed E-state index contributed by atoms with van der Waals surface area (Å²) in [4.78, 5) is 28.5. The zero-order chi connectivity index (χ0) is 15.7. The van der Waals surface area contributed by atoms with Crippen molar-refractivity contribution in [3.05, 3.63) is 57.3 Å². The van der Waals surface area contributed by atoms with E-state index in [-0.39, 0.29) is 23.5 Å². The summed E-state index contributed by atoms with van der Waals surface area (Å²) in [6.45, 7) is 2.40. The first-order valence-electron chi connectivity index (χ1n) is 6.82. The van der Waals surface area contributed by atoms with Crippen molar-refractivity contribution in [2.75, 3.05) is 5.75 Å². The van der Waals surface area contributed by atoms with E-state index < -0.39 is 5.91 Å². The maximum absolute atomic E-state index is 13.5. The minimum Gasteiger partial charge on any atom is -0.348 e. The van der Waals surface area contributed by atoms with Gasteiger partial charge in [-0.2, -0.15) is 0 Å². The van der Waals surface area contributed by atoms with Crippen molar-refractivity contribution in [3.63, 3.8) is 0 Å². The Kier molecular flexibility index (Phi) is 3.98. The molecule has 1 aromatic carbocycles. The van der Waals surface area contributed by atoms with Crippen molar-refractivity contribution in [3.8, 4) is 0 Å². The topological polar surface area (TPSA) is 64.0 Å². The molecule has 0 atom stereocenters. The van der Waals surface area contributed by atoms with Crippen molar-refractivity contribution in [2.24, 2.45) is 0 Å². The van der Waals surface area contributed by atoms with Gasteiger partial charge in [0.05, 0.1) is 0 Å². The number of halogens is 1. The highest BCUT2D eigenvalue weighted by Crippen LogP contribution is 2.20. The molecule has 0 saturated heterocycles. The molecule has 1 amide bonds. The average Bonchev–Trinajstić information content (AvgIpc) is 2.98. The van der Waals surface area contributed by atoms with Crippen molar-refractivity contribution in [2.45, 2.75) is 25.2 Å². The Labute approximate surface area is 130 Å². The van der Waals surface area contributed by atoms with Gasteiger partial charge in [0, 0.05) is 25.0 Å².